The van der Waals surface area contributed by atoms with Crippen LogP contribution in [0.15, 0.2) is 35.6 Å². The van der Waals surface area contributed by atoms with Crippen molar-refractivity contribution in [1.82, 2.24) is 4.98 Å². The molecule has 2 rings (SSSR count). The van der Waals surface area contributed by atoms with Crippen molar-refractivity contribution in [3.8, 4) is 5.75 Å². The van der Waals surface area contributed by atoms with E-state index in [9.17, 15) is 13.2 Å². The Morgan fingerprint density at radius 3 is 2.35 bits per heavy atom. The molecular formula is C14H10F3I2N3O. The Morgan fingerprint density at radius 2 is 1.87 bits per heavy atom. The third-order valence-corrected chi connectivity index (χ3v) is 4.31. The molecule has 1 N–H and O–H groups in total. The zero-order valence-corrected chi connectivity index (χ0v) is 16.0. The molecule has 122 valence electrons. The van der Waals surface area contributed by atoms with Crippen LogP contribution in [-0.2, 0) is 6.18 Å². The number of hydrogen-bond donors (Lipinski definition) is 1. The van der Waals surface area contributed by atoms with Crippen molar-refractivity contribution in [2.24, 2.45) is 5.10 Å². The van der Waals surface area contributed by atoms with E-state index in [1.165, 1.54) is 6.07 Å². The van der Waals surface area contributed by atoms with Crippen molar-refractivity contribution in [3.05, 3.63) is 48.7 Å². The van der Waals surface area contributed by atoms with Crippen LogP contribution in [0.25, 0.3) is 0 Å². The van der Waals surface area contributed by atoms with Gasteiger partial charge in [-0.05, 0) is 75.0 Å². The molecule has 0 radical (unpaired) electrons. The molecule has 0 aliphatic rings. The van der Waals surface area contributed by atoms with Gasteiger partial charge in [-0.15, -0.1) is 0 Å². The first-order chi connectivity index (χ1) is 10.8. The molecule has 0 saturated carbocycles. The number of benzene rings is 1. The van der Waals surface area contributed by atoms with Crippen LogP contribution in [0.1, 0.15) is 11.1 Å². The highest BCUT2D eigenvalue weighted by Gasteiger charge is 2.30. The Kier molecular flexibility index (Phi) is 6.06. The molecule has 1 heterocycles. The second-order valence-corrected chi connectivity index (χ2v) is 6.64. The van der Waals surface area contributed by atoms with Crippen molar-refractivity contribution in [2.45, 2.75) is 6.18 Å². The molecule has 0 aliphatic heterocycles. The fourth-order valence-corrected chi connectivity index (χ4v) is 3.91. The molecule has 0 amide bonds. The van der Waals surface area contributed by atoms with E-state index in [2.05, 4.69) is 60.7 Å². The minimum absolute atomic E-state index is 0.229. The molecular weight excluding hydrogens is 537 g/mol. The average molecular weight is 547 g/mol. The number of pyridine rings is 1. The normalized spacial score (nSPS) is 11.7. The summed E-state index contributed by atoms with van der Waals surface area (Å²) in [5.41, 5.74) is 2.63. The van der Waals surface area contributed by atoms with E-state index in [0.717, 1.165) is 30.7 Å². The van der Waals surface area contributed by atoms with Gasteiger partial charge in [-0.1, -0.05) is 0 Å². The van der Waals surface area contributed by atoms with Crippen molar-refractivity contribution < 1.29 is 17.9 Å². The van der Waals surface area contributed by atoms with E-state index in [1.807, 2.05) is 12.1 Å². The van der Waals surface area contributed by atoms with Crippen molar-refractivity contribution in [1.29, 1.82) is 0 Å². The standard InChI is InChI=1S/C14H10F3I2N3O/c1-23-13-10(18)4-8(5-11(13)19)6-21-22-12-3-2-9(7-20-12)14(15,16)17/h2-7H,1H3,(H,20,22)/b21-6-. The monoisotopic (exact) mass is 547 g/mol. The summed E-state index contributed by atoms with van der Waals surface area (Å²) in [6.45, 7) is 0. The van der Waals surface area contributed by atoms with E-state index >= 15 is 0 Å². The zero-order valence-electron chi connectivity index (χ0n) is 11.7. The second kappa shape index (κ2) is 7.64. The Labute approximate surface area is 157 Å². The van der Waals surface area contributed by atoms with Crippen LogP contribution >= 0.6 is 45.2 Å². The molecule has 1 aromatic carbocycles. The number of alkyl halides is 3. The molecule has 23 heavy (non-hydrogen) atoms. The molecule has 4 nitrogen and oxygen atoms in total. The first-order valence-electron chi connectivity index (χ1n) is 6.16. The number of methoxy groups -OCH3 is 1. The predicted octanol–water partition coefficient (Wildman–Crippen LogP) is 4.76. The van der Waals surface area contributed by atoms with Gasteiger partial charge in [0.25, 0.3) is 0 Å². The fourth-order valence-electron chi connectivity index (χ4n) is 1.65. The van der Waals surface area contributed by atoms with E-state index in [1.54, 1.807) is 13.3 Å². The van der Waals surface area contributed by atoms with Gasteiger partial charge in [-0.2, -0.15) is 18.3 Å². The van der Waals surface area contributed by atoms with E-state index in [4.69, 9.17) is 4.74 Å². The molecule has 0 bridgehead atoms. The number of hydrazone groups is 1. The van der Waals surface area contributed by atoms with Crippen LogP contribution < -0.4 is 10.2 Å². The summed E-state index contributed by atoms with van der Waals surface area (Å²) in [6, 6.07) is 5.94. The van der Waals surface area contributed by atoms with Gasteiger partial charge < -0.3 is 4.74 Å². The summed E-state index contributed by atoms with van der Waals surface area (Å²) in [6.07, 6.45) is -2.08. The van der Waals surface area contributed by atoms with Gasteiger partial charge in [0.05, 0.1) is 26.0 Å². The van der Waals surface area contributed by atoms with Crippen LogP contribution in [0.4, 0.5) is 19.0 Å². The molecule has 0 spiro atoms. The lowest BCUT2D eigenvalue weighted by molar-refractivity contribution is -0.137. The molecule has 1 aromatic heterocycles. The lowest BCUT2D eigenvalue weighted by atomic mass is 10.2. The summed E-state index contributed by atoms with van der Waals surface area (Å²) >= 11 is 4.31. The van der Waals surface area contributed by atoms with Crippen molar-refractivity contribution in [3.63, 3.8) is 0 Å². The Hall–Kier alpha value is -1.11. The smallest absolute Gasteiger partial charge is 0.417 e. The number of halogens is 5. The molecule has 9 heteroatoms. The Morgan fingerprint density at radius 1 is 1.22 bits per heavy atom. The van der Waals surface area contributed by atoms with E-state index in [-0.39, 0.29) is 5.82 Å². The minimum Gasteiger partial charge on any atom is -0.495 e. The highest BCUT2D eigenvalue weighted by molar-refractivity contribution is 14.1. The lowest BCUT2D eigenvalue weighted by Crippen LogP contribution is -2.05. The van der Waals surface area contributed by atoms with E-state index in [0.29, 0.717) is 0 Å². The molecule has 0 unspecified atom stereocenters. The minimum atomic E-state index is -4.40. The third-order valence-electron chi connectivity index (χ3n) is 2.71. The van der Waals surface area contributed by atoms with Gasteiger partial charge in [0, 0.05) is 6.20 Å². The second-order valence-electron chi connectivity index (χ2n) is 4.32. The molecule has 0 fully saturated rings. The van der Waals surface area contributed by atoms with Crippen molar-refractivity contribution >= 4 is 57.2 Å². The van der Waals surface area contributed by atoms with Crippen LogP contribution in [0, 0.1) is 7.14 Å². The Bertz CT molecular complexity index is 695. The Balaban J connectivity index is 2.07. The number of rotatable bonds is 4. The first kappa shape index (κ1) is 18.2. The number of anilines is 1. The number of aromatic nitrogens is 1. The van der Waals surface area contributed by atoms with Gasteiger partial charge in [0.1, 0.15) is 11.6 Å². The SMILES string of the molecule is COc1c(I)cc(/C=N\Nc2ccc(C(F)(F)F)cn2)cc1I. The molecule has 0 saturated heterocycles. The summed E-state index contributed by atoms with van der Waals surface area (Å²) in [5, 5.41) is 3.98. The highest BCUT2D eigenvalue weighted by atomic mass is 127. The van der Waals surface area contributed by atoms with E-state index < -0.39 is 11.7 Å². The topological polar surface area (TPSA) is 46.5 Å². The molecule has 0 atom stereocenters. The predicted molar refractivity (Wildman–Crippen MR) is 98.9 cm³/mol. The fraction of sp³-hybridized carbons (Fsp3) is 0.143. The number of nitrogens with zero attached hydrogens (tertiary/aromatic N) is 2. The maximum atomic E-state index is 12.4. The maximum absolute atomic E-state index is 12.4. The van der Waals surface area contributed by atoms with Gasteiger partial charge in [0.2, 0.25) is 0 Å². The summed E-state index contributed by atoms with van der Waals surface area (Å²) in [7, 11) is 1.60. The number of nitrogens with one attached hydrogen (secondary N) is 1. The zero-order chi connectivity index (χ0) is 17.0. The molecule has 2 aromatic rings. The van der Waals surface area contributed by atoms with Crippen LogP contribution in [-0.4, -0.2) is 18.3 Å². The summed E-state index contributed by atoms with van der Waals surface area (Å²) in [4.78, 5) is 3.67. The third kappa shape index (κ3) is 4.93. The van der Waals surface area contributed by atoms with Gasteiger partial charge in [-0.25, -0.2) is 4.98 Å². The van der Waals surface area contributed by atoms with Gasteiger partial charge in [-0.3, -0.25) is 5.43 Å². The van der Waals surface area contributed by atoms with Crippen LogP contribution in [0.3, 0.4) is 0 Å². The number of hydrogen-bond acceptors (Lipinski definition) is 4. The highest BCUT2D eigenvalue weighted by Crippen LogP contribution is 2.29. The lowest BCUT2D eigenvalue weighted by Gasteiger charge is -2.07. The summed E-state index contributed by atoms with van der Waals surface area (Å²) < 4.78 is 44.4. The average Bonchev–Trinajstić information content (AvgIpc) is 2.46. The van der Waals surface area contributed by atoms with Crippen LogP contribution in [0.2, 0.25) is 0 Å². The largest absolute Gasteiger partial charge is 0.495 e. The van der Waals surface area contributed by atoms with Gasteiger partial charge in [0.15, 0.2) is 0 Å². The molecule has 0 aliphatic carbocycles. The summed E-state index contributed by atoms with van der Waals surface area (Å²) in [5.74, 6) is 1.02. The van der Waals surface area contributed by atoms with Crippen LogP contribution in [0.5, 0.6) is 5.75 Å². The first-order valence-corrected chi connectivity index (χ1v) is 8.32. The number of ether oxygens (including phenoxy) is 1. The maximum Gasteiger partial charge on any atom is 0.417 e. The van der Waals surface area contributed by atoms with Gasteiger partial charge >= 0.3 is 6.18 Å². The van der Waals surface area contributed by atoms with Crippen molar-refractivity contribution in [2.75, 3.05) is 12.5 Å². The quantitative estimate of drug-likeness (QED) is 0.342.